The van der Waals surface area contributed by atoms with Gasteiger partial charge in [0.25, 0.3) is 0 Å². The van der Waals surface area contributed by atoms with Crippen LogP contribution in [0, 0.1) is 0 Å². The smallest absolute Gasteiger partial charge is 0.412 e. The maximum absolute atomic E-state index is 12.9. The Bertz CT molecular complexity index is 1310. The maximum Gasteiger partial charge on any atom is 0.412 e. The molecule has 4 N–H and O–H groups in total. The third-order valence-electron chi connectivity index (χ3n) is 6.60. The number of aliphatic hydroxyl groups excluding tert-OH is 3. The van der Waals surface area contributed by atoms with Crippen molar-refractivity contribution >= 4 is 37.4 Å². The van der Waals surface area contributed by atoms with E-state index < -0.39 is 63.1 Å². The van der Waals surface area contributed by atoms with Gasteiger partial charge in [0.05, 0.1) is 17.7 Å². The van der Waals surface area contributed by atoms with Crippen LogP contribution in [0.2, 0.25) is 30.7 Å². The number of carbonyl (C=O) groups excluding carboxylic acids is 2. The molecule has 45 heavy (non-hydrogen) atoms. The average molecular weight is 670 g/mol. The van der Waals surface area contributed by atoms with Crippen molar-refractivity contribution in [3.05, 3.63) is 52.5 Å². The molecule has 2 unspecified atom stereocenters. The van der Waals surface area contributed by atoms with E-state index in [1.54, 1.807) is 45.0 Å². The minimum atomic E-state index is -1.56. The first-order valence-electron chi connectivity index (χ1n) is 14.5. The molecule has 0 aromatic heterocycles. The maximum atomic E-state index is 12.9. The second kappa shape index (κ2) is 15.6. The monoisotopic (exact) mass is 669 g/mol. The number of rotatable bonds is 12. The molecule has 0 aliphatic carbocycles. The van der Waals surface area contributed by atoms with Crippen molar-refractivity contribution in [2.45, 2.75) is 89.4 Å². The van der Waals surface area contributed by atoms with Gasteiger partial charge in [0.15, 0.2) is 17.8 Å². The lowest BCUT2D eigenvalue weighted by Gasteiger charge is -2.40. The summed E-state index contributed by atoms with van der Waals surface area (Å²) in [5, 5.41) is 33.8. The highest BCUT2D eigenvalue weighted by atomic mass is 35.5. The topological polar surface area (TPSA) is 162 Å². The standard InChI is InChI=1S/C31H44ClNO11Si/c1-31(2,3)44-30(38)33-20-10-8-9-18(13-20)16-41-27-21(32)14-19(15-22(27)39-4)28(37)42-17-23-24(34)25(35)26(36)29(43-23)40-11-12-45(5,6)7/h8-10,13-15,23-26,29,34-36H,11-12,16-17H2,1-7H3,(H,33,38)/t23-,24-,25?,26-,29?/m1/s1. The fourth-order valence-electron chi connectivity index (χ4n) is 4.21. The molecule has 0 spiro atoms. The zero-order valence-corrected chi connectivity index (χ0v) is 28.4. The van der Waals surface area contributed by atoms with E-state index in [9.17, 15) is 24.9 Å². The van der Waals surface area contributed by atoms with Gasteiger partial charge < -0.3 is 43.7 Å². The van der Waals surface area contributed by atoms with E-state index in [1.165, 1.54) is 19.2 Å². The summed E-state index contributed by atoms with van der Waals surface area (Å²) in [6.07, 6.45) is -7.46. The quantitative estimate of drug-likeness (QED) is 0.185. The van der Waals surface area contributed by atoms with Crippen molar-refractivity contribution in [1.29, 1.82) is 0 Å². The van der Waals surface area contributed by atoms with Gasteiger partial charge in [-0.2, -0.15) is 0 Å². The number of amides is 1. The minimum absolute atomic E-state index is 0.0431. The van der Waals surface area contributed by atoms with Crippen molar-refractivity contribution < 1.29 is 53.3 Å². The highest BCUT2D eigenvalue weighted by molar-refractivity contribution is 6.76. The Kier molecular flexibility index (Phi) is 12.7. The van der Waals surface area contributed by atoms with Crippen LogP contribution in [0.15, 0.2) is 36.4 Å². The van der Waals surface area contributed by atoms with Crippen LogP contribution in [-0.4, -0.2) is 92.1 Å². The van der Waals surface area contributed by atoms with E-state index in [4.69, 9.17) is 40.0 Å². The van der Waals surface area contributed by atoms with Crippen molar-refractivity contribution in [1.82, 2.24) is 0 Å². The third-order valence-corrected chi connectivity index (χ3v) is 8.59. The van der Waals surface area contributed by atoms with Crippen LogP contribution >= 0.6 is 11.6 Å². The second-order valence-corrected chi connectivity index (χ2v) is 18.9. The van der Waals surface area contributed by atoms with E-state index in [-0.39, 0.29) is 28.7 Å². The number of anilines is 1. The van der Waals surface area contributed by atoms with Crippen molar-refractivity contribution in [3.63, 3.8) is 0 Å². The van der Waals surface area contributed by atoms with Gasteiger partial charge in [0, 0.05) is 20.4 Å². The lowest BCUT2D eigenvalue weighted by molar-refractivity contribution is -0.299. The number of aliphatic hydroxyl groups is 3. The SMILES string of the molecule is COc1cc(C(=O)OC[C@H]2OC(OCC[Si](C)(C)C)[C@H](O)C(O)[C@@H]2O)cc(Cl)c1OCc1cccc(NC(=O)OC(C)(C)C)c1. The molecule has 2 aromatic rings. The van der Waals surface area contributed by atoms with Crippen LogP contribution in [0.4, 0.5) is 10.5 Å². The average Bonchev–Trinajstić information content (AvgIpc) is 2.93. The molecule has 250 valence electrons. The molecule has 14 heteroatoms. The lowest BCUT2D eigenvalue weighted by Crippen LogP contribution is -2.59. The summed E-state index contributed by atoms with van der Waals surface area (Å²) in [4.78, 5) is 25.0. The van der Waals surface area contributed by atoms with Crippen molar-refractivity contribution in [2.24, 2.45) is 0 Å². The number of benzene rings is 2. The Morgan fingerprint density at radius 3 is 2.40 bits per heavy atom. The van der Waals surface area contributed by atoms with E-state index in [2.05, 4.69) is 25.0 Å². The van der Waals surface area contributed by atoms with Crippen LogP contribution < -0.4 is 14.8 Å². The molecular weight excluding hydrogens is 626 g/mol. The Labute approximate surface area is 269 Å². The zero-order chi connectivity index (χ0) is 33.5. The summed E-state index contributed by atoms with van der Waals surface area (Å²) in [6.45, 7) is 11.8. The largest absolute Gasteiger partial charge is 0.493 e. The molecule has 0 radical (unpaired) electrons. The first kappa shape index (κ1) is 36.6. The van der Waals surface area contributed by atoms with E-state index in [0.717, 1.165) is 6.04 Å². The van der Waals surface area contributed by atoms with Gasteiger partial charge in [-0.3, -0.25) is 5.32 Å². The fraction of sp³-hybridized carbons (Fsp3) is 0.548. The Balaban J connectivity index is 1.62. The number of ether oxygens (including phenoxy) is 6. The molecule has 1 heterocycles. The highest BCUT2D eigenvalue weighted by Crippen LogP contribution is 2.37. The van der Waals surface area contributed by atoms with Gasteiger partial charge >= 0.3 is 12.1 Å². The Hall–Kier alpha value is -2.91. The predicted molar refractivity (Wildman–Crippen MR) is 170 cm³/mol. The first-order chi connectivity index (χ1) is 21.0. The number of nitrogens with one attached hydrogen (secondary N) is 1. The van der Waals surface area contributed by atoms with Crippen molar-refractivity contribution in [2.75, 3.05) is 25.6 Å². The minimum Gasteiger partial charge on any atom is -0.493 e. The third kappa shape index (κ3) is 11.1. The van der Waals surface area contributed by atoms with Gasteiger partial charge in [0.2, 0.25) is 0 Å². The van der Waals surface area contributed by atoms with Crippen LogP contribution in [0.25, 0.3) is 0 Å². The fourth-order valence-corrected chi connectivity index (χ4v) is 5.20. The molecule has 0 bridgehead atoms. The van der Waals surface area contributed by atoms with Gasteiger partial charge in [-0.15, -0.1) is 0 Å². The van der Waals surface area contributed by atoms with Gasteiger partial charge in [-0.25, -0.2) is 9.59 Å². The van der Waals surface area contributed by atoms with E-state index >= 15 is 0 Å². The molecular formula is C31H44ClNO11Si. The van der Waals surface area contributed by atoms with Crippen LogP contribution in [0.1, 0.15) is 36.7 Å². The zero-order valence-electron chi connectivity index (χ0n) is 26.7. The molecule has 1 fully saturated rings. The molecule has 1 aliphatic rings. The van der Waals surface area contributed by atoms with E-state index in [1.807, 2.05) is 0 Å². The number of esters is 1. The second-order valence-electron chi connectivity index (χ2n) is 12.9. The molecule has 5 atom stereocenters. The van der Waals surface area contributed by atoms with Gasteiger partial charge in [0.1, 0.15) is 43.2 Å². The number of carbonyl (C=O) groups is 2. The molecule has 1 saturated heterocycles. The number of hydrogen-bond donors (Lipinski definition) is 4. The van der Waals surface area contributed by atoms with E-state index in [0.29, 0.717) is 17.9 Å². The molecule has 2 aromatic carbocycles. The predicted octanol–water partition coefficient (Wildman–Crippen LogP) is 4.59. The normalized spacial score (nSPS) is 22.0. The summed E-state index contributed by atoms with van der Waals surface area (Å²) in [5.74, 6) is -0.446. The Morgan fingerprint density at radius 2 is 1.76 bits per heavy atom. The van der Waals surface area contributed by atoms with Gasteiger partial charge in [-0.1, -0.05) is 43.4 Å². The summed E-state index contributed by atoms with van der Waals surface area (Å²) in [5.41, 5.74) is 0.631. The summed E-state index contributed by atoms with van der Waals surface area (Å²) >= 11 is 6.47. The molecule has 0 saturated carbocycles. The molecule has 12 nitrogen and oxygen atoms in total. The first-order valence-corrected chi connectivity index (χ1v) is 18.6. The van der Waals surface area contributed by atoms with Crippen LogP contribution in [0.5, 0.6) is 11.5 Å². The van der Waals surface area contributed by atoms with Crippen molar-refractivity contribution in [3.8, 4) is 11.5 Å². The number of methoxy groups -OCH3 is 1. The summed E-state index contributed by atoms with van der Waals surface area (Å²) < 4.78 is 33.3. The molecule has 3 rings (SSSR count). The van der Waals surface area contributed by atoms with Gasteiger partial charge in [-0.05, 0) is 56.6 Å². The highest BCUT2D eigenvalue weighted by Gasteiger charge is 2.45. The number of halogens is 1. The Morgan fingerprint density at radius 1 is 1.04 bits per heavy atom. The molecule has 1 aliphatic heterocycles. The number of hydrogen-bond acceptors (Lipinski definition) is 11. The van der Waals surface area contributed by atoms with Crippen LogP contribution in [0.3, 0.4) is 0 Å². The summed E-state index contributed by atoms with van der Waals surface area (Å²) in [6, 6.07) is 10.5. The summed E-state index contributed by atoms with van der Waals surface area (Å²) in [7, 11) is -0.0351. The molecule has 1 amide bonds. The lowest BCUT2D eigenvalue weighted by atomic mass is 9.99. The van der Waals surface area contributed by atoms with Crippen LogP contribution in [-0.2, 0) is 25.6 Å².